The first-order chi connectivity index (χ1) is 38.8. The number of nitrogens with two attached hydrogens (primary N) is 1. The summed E-state index contributed by atoms with van der Waals surface area (Å²) in [5.74, 6) is -0.0746. The van der Waals surface area contributed by atoms with E-state index in [1.54, 1.807) is 24.3 Å². The monoisotopic (exact) mass is 1180 g/mol. The zero-order valence-corrected chi connectivity index (χ0v) is 51.0. The van der Waals surface area contributed by atoms with Gasteiger partial charge in [0.2, 0.25) is 5.91 Å². The number of piperidine rings is 2. The lowest BCUT2D eigenvalue weighted by Gasteiger charge is -2.34. The molecule has 438 valence electrons. The number of nitrogens with one attached hydrogen (secondary N) is 2. The van der Waals surface area contributed by atoms with Gasteiger partial charge in [0.1, 0.15) is 17.2 Å². The van der Waals surface area contributed by atoms with Crippen molar-refractivity contribution in [3.05, 3.63) is 183 Å². The quantitative estimate of drug-likeness (QED) is 0.0654. The summed E-state index contributed by atoms with van der Waals surface area (Å²) in [5, 5.41) is 15.1. The summed E-state index contributed by atoms with van der Waals surface area (Å²) in [7, 11) is -0.344. The number of halogens is 3. The van der Waals surface area contributed by atoms with Gasteiger partial charge in [0.05, 0.1) is 11.2 Å². The third-order valence-electron chi connectivity index (χ3n) is 15.4. The molecule has 6 aromatic carbocycles. The van der Waals surface area contributed by atoms with E-state index in [9.17, 15) is 23.2 Å². The number of amides is 2. The Morgan fingerprint density at radius 2 is 1.24 bits per heavy atom. The van der Waals surface area contributed by atoms with E-state index in [2.05, 4.69) is 76.8 Å². The maximum atomic E-state index is 13.4. The highest BCUT2D eigenvalue weighted by Gasteiger charge is 2.51. The second-order valence-corrected chi connectivity index (χ2v) is 24.5. The molecule has 3 aliphatic heterocycles. The molecule has 6 aromatic rings. The molecule has 0 aromatic heterocycles. The van der Waals surface area contributed by atoms with E-state index < -0.39 is 11.6 Å². The minimum Gasteiger partial charge on any atom is -0.481 e. The number of hydrogen-bond acceptors (Lipinski definition) is 8. The van der Waals surface area contributed by atoms with Crippen molar-refractivity contribution in [2.75, 3.05) is 37.2 Å². The average molecular weight is 1190 g/mol. The van der Waals surface area contributed by atoms with Gasteiger partial charge in [-0.1, -0.05) is 94.8 Å². The number of hydrogen-bond donors (Lipinski definition) is 4. The zero-order chi connectivity index (χ0) is 59.6. The van der Waals surface area contributed by atoms with Gasteiger partial charge in [-0.05, 0) is 243 Å². The summed E-state index contributed by atoms with van der Waals surface area (Å²) in [6.45, 7) is 21.7. The molecule has 82 heavy (non-hydrogen) atoms. The molecule has 0 saturated carbocycles. The Kier molecular flexibility index (Phi) is 23.9. The first-order valence-electron chi connectivity index (χ1n) is 28.7. The second kappa shape index (κ2) is 30.3. The van der Waals surface area contributed by atoms with Crippen molar-refractivity contribution in [2.24, 2.45) is 0 Å². The van der Waals surface area contributed by atoms with Crippen molar-refractivity contribution in [1.82, 2.24) is 10.2 Å². The molecular formula is C67H84BBrF2N4O7. The number of carboxylic acid groups (broad SMARTS) is 1. The normalized spacial score (nSPS) is 15.9. The van der Waals surface area contributed by atoms with E-state index in [0.717, 1.165) is 109 Å². The molecule has 0 radical (unpaired) electrons. The van der Waals surface area contributed by atoms with E-state index in [4.69, 9.17) is 24.9 Å². The number of nitrogens with zero attached hydrogens (tertiary/aromatic N) is 1. The molecular weight excluding hydrogens is 1100 g/mol. The molecule has 0 atom stereocenters. The topological polar surface area (TPSA) is 152 Å². The Bertz CT molecular complexity index is 2990. The predicted octanol–water partition coefficient (Wildman–Crippen LogP) is 14.9. The van der Waals surface area contributed by atoms with Gasteiger partial charge in [-0.2, -0.15) is 0 Å². The molecule has 3 saturated heterocycles. The highest BCUT2D eigenvalue weighted by Crippen LogP contribution is 2.37. The van der Waals surface area contributed by atoms with Gasteiger partial charge in [-0.15, -0.1) is 0 Å². The lowest BCUT2D eigenvalue weighted by atomic mass is 9.78. The zero-order valence-electron chi connectivity index (χ0n) is 49.4. The average Bonchev–Trinajstić information content (AvgIpc) is 3.91. The van der Waals surface area contributed by atoms with Crippen molar-refractivity contribution in [3.63, 3.8) is 0 Å². The minimum absolute atomic E-state index is 0.0569. The first-order valence-corrected chi connectivity index (χ1v) is 29.5. The van der Waals surface area contributed by atoms with E-state index in [1.807, 2.05) is 108 Å². The summed E-state index contributed by atoms with van der Waals surface area (Å²) in [4.78, 5) is 36.9. The van der Waals surface area contributed by atoms with Crippen LogP contribution < -0.4 is 21.8 Å². The van der Waals surface area contributed by atoms with Crippen molar-refractivity contribution >= 4 is 57.9 Å². The smallest absolute Gasteiger partial charge is 0.481 e. The Morgan fingerprint density at radius 1 is 0.707 bits per heavy atom. The maximum Gasteiger partial charge on any atom is 0.494 e. The molecule has 0 unspecified atom stereocenters. The third kappa shape index (κ3) is 20.5. The van der Waals surface area contributed by atoms with Crippen molar-refractivity contribution in [1.29, 1.82) is 0 Å². The maximum absolute atomic E-state index is 13.4. The summed E-state index contributed by atoms with van der Waals surface area (Å²) in [6.07, 6.45) is 7.77. The number of benzene rings is 6. The molecule has 0 aliphatic carbocycles. The highest BCUT2D eigenvalue weighted by atomic mass is 79.9. The molecule has 15 heteroatoms. The lowest BCUT2D eigenvalue weighted by molar-refractivity contribution is -0.137. The number of likely N-dealkylation sites (tertiary alicyclic amines) is 1. The van der Waals surface area contributed by atoms with E-state index >= 15 is 0 Å². The number of rotatable bonds is 13. The molecule has 5 N–H and O–H groups in total. The van der Waals surface area contributed by atoms with Gasteiger partial charge in [0.15, 0.2) is 0 Å². The Labute approximate surface area is 494 Å². The highest BCUT2D eigenvalue weighted by molar-refractivity contribution is 9.10. The minimum atomic E-state index is -0.746. The van der Waals surface area contributed by atoms with E-state index in [0.29, 0.717) is 24.7 Å². The number of carbonyl (C=O) groups excluding carboxylic acids is 2. The number of carboxylic acids is 1. The largest absolute Gasteiger partial charge is 0.494 e. The van der Waals surface area contributed by atoms with Crippen molar-refractivity contribution < 1.29 is 42.3 Å². The van der Waals surface area contributed by atoms with Crippen LogP contribution in [0, 0.1) is 25.5 Å². The number of anilines is 2. The van der Waals surface area contributed by atoms with Crippen molar-refractivity contribution in [3.8, 4) is 11.1 Å². The molecule has 3 aliphatic rings. The van der Waals surface area contributed by atoms with Crippen LogP contribution in [0.4, 0.5) is 25.0 Å². The standard InChI is InChI=1S/C28H31FN2O.C17H26N2O2.C16H23BO4.C6H4BrF/c1-20-8-13-26(19-27(20)23-14-16-30-17-15-23)31-28(32)7-2-4-21-9-11-22(12-10-21)24-5-3-6-25(29)18-24;1-12-5-6-14(18)11-15(12)13-7-9-19(10-8-13)16(20)21-17(2,3)4;1-15(2)16(3,4)21-17(20-15)13-10-8-12(9-11-13)6-5-7-14(18)19;7-5-2-1-3-6(8)4-5/h3,5-6,8-13,18-19,23,30H,2,4,7,14-17H2,1H3,(H,31,32);5-6,11,13H,7-10,18H2,1-4H3;8-11H,5-7H2,1-4H3,(H,18,19);1-4H. The molecule has 0 bridgehead atoms. The Balaban J connectivity index is 0.000000190. The number of aliphatic carboxylic acids is 1. The fourth-order valence-electron chi connectivity index (χ4n) is 10.0. The number of carbonyl (C=O) groups is 3. The van der Waals surface area contributed by atoms with Crippen LogP contribution in [0.3, 0.4) is 0 Å². The molecule has 0 spiro atoms. The molecule has 3 fully saturated rings. The van der Waals surface area contributed by atoms with Gasteiger partial charge in [0.25, 0.3) is 0 Å². The van der Waals surface area contributed by atoms with E-state index in [-0.39, 0.29) is 48.4 Å². The second-order valence-electron chi connectivity index (χ2n) is 23.6. The summed E-state index contributed by atoms with van der Waals surface area (Å²) < 4.78 is 43.8. The van der Waals surface area contributed by atoms with Crippen LogP contribution in [-0.2, 0) is 36.5 Å². The fourth-order valence-corrected chi connectivity index (χ4v) is 10.4. The summed E-state index contributed by atoms with van der Waals surface area (Å²) in [5.41, 5.74) is 16.9. The van der Waals surface area contributed by atoms with Crippen LogP contribution >= 0.6 is 15.9 Å². The third-order valence-corrected chi connectivity index (χ3v) is 15.9. The molecule has 9 rings (SSSR count). The van der Waals surface area contributed by atoms with Crippen molar-refractivity contribution in [2.45, 2.75) is 155 Å². The Morgan fingerprint density at radius 3 is 1.79 bits per heavy atom. The van der Waals surface area contributed by atoms with Crippen LogP contribution in [-0.4, -0.2) is 78.1 Å². The van der Waals surface area contributed by atoms with Crippen LogP contribution in [0.5, 0.6) is 0 Å². The van der Waals surface area contributed by atoms with Gasteiger partial charge in [0, 0.05) is 41.8 Å². The van der Waals surface area contributed by atoms with Gasteiger partial charge in [-0.25, -0.2) is 13.6 Å². The Hall–Kier alpha value is -6.39. The van der Waals surface area contributed by atoms with E-state index in [1.165, 1.54) is 46.0 Å². The number of aryl methyl sites for hydroxylation is 4. The van der Waals surface area contributed by atoms with Crippen LogP contribution in [0.2, 0.25) is 0 Å². The van der Waals surface area contributed by atoms with Gasteiger partial charge < -0.3 is 40.4 Å². The van der Waals surface area contributed by atoms with Crippen LogP contribution in [0.1, 0.15) is 145 Å². The van der Waals surface area contributed by atoms with Gasteiger partial charge >= 0.3 is 19.2 Å². The molecule has 11 nitrogen and oxygen atoms in total. The fraction of sp³-hybridized carbons (Fsp3) is 0.418. The first kappa shape index (κ1) is 64.8. The SMILES string of the molecule is CC1(C)OB(c2ccc(CCCC(=O)O)cc2)OC1(C)C.Cc1ccc(N)cc1C1CCN(C(=O)OC(C)(C)C)CC1.Cc1ccc(NC(=O)CCCc2ccc(-c3cccc(F)c3)cc2)cc1C1CCNCC1.Fc1cccc(Br)c1. The number of nitrogen functional groups attached to an aromatic ring is 1. The predicted molar refractivity (Wildman–Crippen MR) is 332 cm³/mol. The molecule has 2 amide bonds. The summed E-state index contributed by atoms with van der Waals surface area (Å²) in [6, 6.07) is 41.4. The number of ether oxygens (including phenoxy) is 1. The van der Waals surface area contributed by atoms with Gasteiger partial charge in [-0.3, -0.25) is 9.59 Å². The van der Waals surface area contributed by atoms with Crippen LogP contribution in [0.25, 0.3) is 11.1 Å². The molecule has 3 heterocycles. The lowest BCUT2D eigenvalue weighted by Crippen LogP contribution is -2.41. The van der Waals surface area contributed by atoms with Crippen LogP contribution in [0.15, 0.2) is 138 Å². The summed E-state index contributed by atoms with van der Waals surface area (Å²) >= 11 is 3.12.